The molecule has 1 saturated carbocycles. The van der Waals surface area contributed by atoms with Crippen LogP contribution in [-0.2, 0) is 21.4 Å². The van der Waals surface area contributed by atoms with Gasteiger partial charge in [-0.15, -0.1) is 0 Å². The summed E-state index contributed by atoms with van der Waals surface area (Å²) < 4.78 is 29.8. The Morgan fingerprint density at radius 3 is 2.33 bits per heavy atom. The van der Waals surface area contributed by atoms with Crippen LogP contribution in [0.3, 0.4) is 0 Å². The summed E-state index contributed by atoms with van der Waals surface area (Å²) in [6, 6.07) is 15.6. The van der Waals surface area contributed by atoms with Gasteiger partial charge in [-0.25, -0.2) is 13.1 Å². The zero-order valence-electron chi connectivity index (χ0n) is 23.6. The number of likely N-dealkylation sites (N-methyl/N-ethyl adjacent to an activating group) is 2. The number of hydrogen-bond donors (Lipinski definition) is 1. The van der Waals surface area contributed by atoms with Crippen molar-refractivity contribution in [2.24, 2.45) is 0 Å². The van der Waals surface area contributed by atoms with Gasteiger partial charge in [0, 0.05) is 31.1 Å². The highest BCUT2D eigenvalue weighted by molar-refractivity contribution is 7.90. The first kappa shape index (κ1) is 28.4. The Morgan fingerprint density at radius 2 is 1.57 bits per heavy atom. The molecular weight excluding hydrogens is 524 g/mol. The maximum absolute atomic E-state index is 13.6. The largest absolute Gasteiger partial charge is 0.343 e. The van der Waals surface area contributed by atoms with Gasteiger partial charge in [-0.3, -0.25) is 9.59 Å². The topological polar surface area (TPSA) is 91.7 Å². The van der Waals surface area contributed by atoms with Crippen LogP contribution in [-0.4, -0.2) is 74.1 Å². The zero-order chi connectivity index (χ0) is 28.3. The second-order valence-electron chi connectivity index (χ2n) is 11.4. The van der Waals surface area contributed by atoms with Crippen LogP contribution in [0.25, 0.3) is 22.2 Å². The van der Waals surface area contributed by atoms with Gasteiger partial charge in [0.05, 0.1) is 17.0 Å². The minimum Gasteiger partial charge on any atom is -0.343 e. The Balaban J connectivity index is 1.69. The van der Waals surface area contributed by atoms with E-state index in [-0.39, 0.29) is 23.8 Å². The Hall–Kier alpha value is -3.17. The van der Waals surface area contributed by atoms with Crippen molar-refractivity contribution in [2.75, 3.05) is 39.5 Å². The molecular formula is C31H40N4O4S. The maximum atomic E-state index is 13.6. The monoisotopic (exact) mass is 564 g/mol. The molecule has 2 amide bonds. The number of sulfonamides is 1. The van der Waals surface area contributed by atoms with Crippen molar-refractivity contribution in [3.8, 4) is 11.3 Å². The molecule has 1 N–H and O–H groups in total. The summed E-state index contributed by atoms with van der Waals surface area (Å²) in [4.78, 5) is 30.7. The maximum Gasteiger partial charge on any atom is 0.264 e. The van der Waals surface area contributed by atoms with Crippen LogP contribution in [0.1, 0.15) is 66.8 Å². The Labute approximate surface area is 237 Å². The van der Waals surface area contributed by atoms with Crippen molar-refractivity contribution < 1.29 is 18.0 Å². The quantitative estimate of drug-likeness (QED) is 0.491. The molecule has 0 spiro atoms. The summed E-state index contributed by atoms with van der Waals surface area (Å²) in [6.07, 6.45) is 6.86. The summed E-state index contributed by atoms with van der Waals surface area (Å²) in [5, 5.41) is 1.03. The van der Waals surface area contributed by atoms with Crippen molar-refractivity contribution in [3.63, 3.8) is 0 Å². The molecule has 2 aliphatic rings. The lowest BCUT2D eigenvalue weighted by Crippen LogP contribution is -2.37. The number of fused-ring (bicyclic) bond motifs is 1. The first-order valence-electron chi connectivity index (χ1n) is 14.4. The van der Waals surface area contributed by atoms with Crippen LogP contribution in [0.4, 0.5) is 0 Å². The average Bonchev–Trinajstić information content (AvgIpc) is 3.27. The first-order chi connectivity index (χ1) is 19.2. The van der Waals surface area contributed by atoms with E-state index in [2.05, 4.69) is 26.3 Å². The van der Waals surface area contributed by atoms with E-state index in [4.69, 9.17) is 0 Å². The molecule has 1 aliphatic heterocycles. The van der Waals surface area contributed by atoms with Gasteiger partial charge in [0.25, 0.3) is 5.91 Å². The molecule has 0 unspecified atom stereocenters. The van der Waals surface area contributed by atoms with Gasteiger partial charge in [-0.1, -0.05) is 55.7 Å². The summed E-state index contributed by atoms with van der Waals surface area (Å²) in [6.45, 7) is 2.12. The number of hydrogen-bond acceptors (Lipinski definition) is 5. The van der Waals surface area contributed by atoms with Gasteiger partial charge in [-0.05, 0) is 68.5 Å². The van der Waals surface area contributed by atoms with Crippen LogP contribution in [0.2, 0.25) is 0 Å². The number of nitrogens with zero attached hydrogens (tertiary/aromatic N) is 3. The molecule has 2 aromatic carbocycles. The van der Waals surface area contributed by atoms with Gasteiger partial charge in [-0.2, -0.15) is 0 Å². The number of amides is 2. The third-order valence-electron chi connectivity index (χ3n) is 8.41. The fourth-order valence-corrected chi connectivity index (χ4v) is 7.22. The fourth-order valence-electron chi connectivity index (χ4n) is 6.13. The minimum atomic E-state index is -3.76. The second-order valence-corrected chi connectivity index (χ2v) is 13.2. The Morgan fingerprint density at radius 1 is 0.825 bits per heavy atom. The van der Waals surface area contributed by atoms with Crippen LogP contribution in [0, 0.1) is 0 Å². The number of nitrogens with one attached hydrogen (secondary N) is 1. The van der Waals surface area contributed by atoms with Crippen LogP contribution in [0.15, 0.2) is 48.5 Å². The average molecular weight is 565 g/mol. The van der Waals surface area contributed by atoms with Crippen LogP contribution in [0.5, 0.6) is 0 Å². The molecule has 9 heteroatoms. The number of carbonyl (C=O) groups is 2. The molecule has 40 heavy (non-hydrogen) atoms. The molecule has 1 aliphatic carbocycles. The van der Waals surface area contributed by atoms with Crippen molar-refractivity contribution >= 4 is 32.7 Å². The molecule has 0 atom stereocenters. The highest BCUT2D eigenvalue weighted by Gasteiger charge is 2.28. The summed E-state index contributed by atoms with van der Waals surface area (Å²) in [7, 11) is 0.0549. The SMILES string of the molecule is CN1CCCCS(=O)(=O)NC(=O)c2ccc3c(C4CCCCC4)c(-c4ccccc4)n(c3c2)CC(=O)N(C)CC1. The van der Waals surface area contributed by atoms with Crippen molar-refractivity contribution in [1.29, 1.82) is 0 Å². The standard InChI is InChI=1S/C31H40N4O4S/c1-33-17-9-10-20-40(38,39)32-31(37)25-15-16-26-27(21-25)35(22-28(36)34(2)19-18-33)30(24-13-7-4-8-14-24)29(26)23-11-5-3-6-12-23/h4,7-8,13-16,21,23H,3,5-6,9-12,17-20,22H2,1-2H3,(H,32,37). The predicted molar refractivity (Wildman–Crippen MR) is 159 cm³/mol. The summed E-state index contributed by atoms with van der Waals surface area (Å²) >= 11 is 0. The molecule has 3 aromatic rings. The number of rotatable bonds is 2. The molecule has 0 saturated heterocycles. The number of carbonyl (C=O) groups excluding carboxylic acids is 2. The van der Waals surface area contributed by atoms with E-state index < -0.39 is 15.9 Å². The lowest BCUT2D eigenvalue weighted by molar-refractivity contribution is -0.130. The van der Waals surface area contributed by atoms with Gasteiger partial charge in [0.1, 0.15) is 6.54 Å². The van der Waals surface area contributed by atoms with Crippen molar-refractivity contribution in [2.45, 2.75) is 57.4 Å². The van der Waals surface area contributed by atoms with Gasteiger partial charge in [0.15, 0.2) is 0 Å². The van der Waals surface area contributed by atoms with Crippen molar-refractivity contribution in [1.82, 2.24) is 19.1 Å². The lowest BCUT2D eigenvalue weighted by Gasteiger charge is -2.25. The lowest BCUT2D eigenvalue weighted by atomic mass is 9.82. The van der Waals surface area contributed by atoms with Gasteiger partial charge >= 0.3 is 0 Å². The van der Waals surface area contributed by atoms with Crippen LogP contribution >= 0.6 is 0 Å². The molecule has 5 rings (SSSR count). The zero-order valence-corrected chi connectivity index (χ0v) is 24.4. The van der Waals surface area contributed by atoms with Gasteiger partial charge in [0.2, 0.25) is 15.9 Å². The van der Waals surface area contributed by atoms with E-state index in [9.17, 15) is 18.0 Å². The van der Waals surface area contributed by atoms with E-state index in [0.29, 0.717) is 38.4 Å². The molecule has 2 heterocycles. The fraction of sp³-hybridized carbons (Fsp3) is 0.484. The third-order valence-corrected chi connectivity index (χ3v) is 9.74. The smallest absolute Gasteiger partial charge is 0.264 e. The summed E-state index contributed by atoms with van der Waals surface area (Å²) in [5.74, 6) is -0.389. The molecule has 1 aromatic heterocycles. The Bertz CT molecular complexity index is 1480. The Kier molecular flexibility index (Phi) is 8.61. The van der Waals surface area contributed by atoms with E-state index in [0.717, 1.165) is 35.0 Å². The van der Waals surface area contributed by atoms with E-state index in [1.165, 1.54) is 24.8 Å². The van der Waals surface area contributed by atoms with Crippen molar-refractivity contribution in [3.05, 3.63) is 59.7 Å². The molecule has 0 radical (unpaired) electrons. The van der Waals surface area contributed by atoms with E-state index >= 15 is 0 Å². The van der Waals surface area contributed by atoms with E-state index in [1.54, 1.807) is 17.0 Å². The summed E-state index contributed by atoms with van der Waals surface area (Å²) in [5.41, 5.74) is 4.34. The molecule has 2 bridgehead atoms. The molecule has 8 nitrogen and oxygen atoms in total. The first-order valence-corrected chi connectivity index (χ1v) is 16.1. The normalized spacial score (nSPS) is 20.5. The highest BCUT2D eigenvalue weighted by atomic mass is 32.2. The van der Waals surface area contributed by atoms with E-state index in [1.807, 2.05) is 38.4 Å². The number of aromatic nitrogens is 1. The molecule has 1 fully saturated rings. The number of benzene rings is 2. The third kappa shape index (κ3) is 6.25. The van der Waals surface area contributed by atoms with Crippen LogP contribution < -0.4 is 4.72 Å². The second kappa shape index (κ2) is 12.1. The van der Waals surface area contributed by atoms with Gasteiger partial charge < -0.3 is 14.4 Å². The minimum absolute atomic E-state index is 0.000533. The predicted octanol–water partition coefficient (Wildman–Crippen LogP) is 4.60. The highest BCUT2D eigenvalue weighted by Crippen LogP contribution is 2.44. The molecule has 214 valence electrons.